The molecule has 1 heterocycles. The molecule has 0 aliphatic carbocycles. The Morgan fingerprint density at radius 2 is 2.20 bits per heavy atom. The average Bonchev–Trinajstić information content (AvgIpc) is 2.47. The molecule has 0 aromatic heterocycles. The first-order valence-electron chi connectivity index (χ1n) is 7.07. The molecule has 1 aromatic carbocycles. The lowest BCUT2D eigenvalue weighted by Crippen LogP contribution is -2.49. The molecule has 1 saturated heterocycles. The van der Waals surface area contributed by atoms with E-state index in [4.69, 9.17) is 21.1 Å². The number of hydrogen-bond donors (Lipinski definition) is 1. The molecule has 0 spiro atoms. The zero-order valence-electron chi connectivity index (χ0n) is 11.8. The molecule has 4 nitrogen and oxygen atoms in total. The first kappa shape index (κ1) is 15.6. The summed E-state index contributed by atoms with van der Waals surface area (Å²) < 4.78 is 11.0. The molecule has 112 valence electrons. The van der Waals surface area contributed by atoms with E-state index in [1.54, 1.807) is 24.3 Å². The lowest BCUT2D eigenvalue weighted by atomic mass is 10.1. The van der Waals surface area contributed by atoms with E-state index in [0.29, 0.717) is 17.6 Å². The second-order valence-electron chi connectivity index (χ2n) is 5.05. The highest BCUT2D eigenvalue weighted by Gasteiger charge is 2.23. The van der Waals surface area contributed by atoms with E-state index in [9.17, 15) is 5.11 Å². The van der Waals surface area contributed by atoms with Gasteiger partial charge in [-0.1, -0.05) is 18.5 Å². The predicted octanol–water partition coefficient (Wildman–Crippen LogP) is 2.19. The molecule has 1 aliphatic heterocycles. The smallest absolute Gasteiger partial charge is 0.119 e. The summed E-state index contributed by atoms with van der Waals surface area (Å²) in [5.41, 5.74) is 0. The van der Waals surface area contributed by atoms with Gasteiger partial charge in [-0.2, -0.15) is 0 Å². The Kier molecular flexibility index (Phi) is 6.10. The number of aliphatic hydroxyl groups is 1. The van der Waals surface area contributed by atoms with Gasteiger partial charge in [0.25, 0.3) is 0 Å². The van der Waals surface area contributed by atoms with E-state index in [-0.39, 0.29) is 6.61 Å². The Hall–Kier alpha value is -0.810. The van der Waals surface area contributed by atoms with Crippen molar-refractivity contribution in [3.05, 3.63) is 29.3 Å². The van der Waals surface area contributed by atoms with Crippen LogP contribution in [0.1, 0.15) is 13.3 Å². The number of ether oxygens (including phenoxy) is 2. The van der Waals surface area contributed by atoms with Crippen LogP contribution in [0, 0.1) is 0 Å². The van der Waals surface area contributed by atoms with Crippen LogP contribution in [0.4, 0.5) is 0 Å². The monoisotopic (exact) mass is 299 g/mol. The maximum absolute atomic E-state index is 10.1. The third-order valence-electron chi connectivity index (χ3n) is 3.52. The van der Waals surface area contributed by atoms with Crippen molar-refractivity contribution in [3.63, 3.8) is 0 Å². The Bertz CT molecular complexity index is 399. The molecule has 1 aromatic rings. The minimum absolute atomic E-state index is 0.287. The normalized spacial score (nSPS) is 21.6. The van der Waals surface area contributed by atoms with Gasteiger partial charge < -0.3 is 14.6 Å². The molecule has 2 unspecified atom stereocenters. The summed E-state index contributed by atoms with van der Waals surface area (Å²) in [5.74, 6) is 0.725. The van der Waals surface area contributed by atoms with E-state index in [2.05, 4.69) is 11.8 Å². The number of hydrogen-bond acceptors (Lipinski definition) is 4. The quantitative estimate of drug-likeness (QED) is 0.874. The number of benzene rings is 1. The minimum atomic E-state index is -0.502. The van der Waals surface area contributed by atoms with Crippen molar-refractivity contribution < 1.29 is 14.6 Å². The standard InChI is InChI=1S/C15H22ClNO3/c1-2-13-10-19-8-7-17(13)9-14(18)11-20-15-5-3-12(16)4-6-15/h3-6,13-14,18H,2,7-11H2,1H3. The summed E-state index contributed by atoms with van der Waals surface area (Å²) >= 11 is 5.81. The van der Waals surface area contributed by atoms with Gasteiger partial charge in [0.2, 0.25) is 0 Å². The molecule has 0 amide bonds. The number of nitrogens with zero attached hydrogens (tertiary/aromatic N) is 1. The lowest BCUT2D eigenvalue weighted by Gasteiger charge is -2.36. The van der Waals surface area contributed by atoms with E-state index in [1.807, 2.05) is 0 Å². The average molecular weight is 300 g/mol. The molecular formula is C15H22ClNO3. The van der Waals surface area contributed by atoms with Gasteiger partial charge in [-0.05, 0) is 30.7 Å². The summed E-state index contributed by atoms with van der Waals surface area (Å²) in [7, 11) is 0. The fraction of sp³-hybridized carbons (Fsp3) is 0.600. The Balaban J connectivity index is 1.76. The summed E-state index contributed by atoms with van der Waals surface area (Å²) in [5, 5.41) is 10.8. The maximum Gasteiger partial charge on any atom is 0.119 e. The molecule has 1 fully saturated rings. The van der Waals surface area contributed by atoms with Gasteiger partial charge in [0.1, 0.15) is 18.5 Å². The summed E-state index contributed by atoms with van der Waals surface area (Å²) in [6.07, 6.45) is 0.530. The van der Waals surface area contributed by atoms with Crippen LogP contribution < -0.4 is 4.74 Å². The van der Waals surface area contributed by atoms with Crippen LogP contribution in [-0.4, -0.2) is 55.1 Å². The first-order chi connectivity index (χ1) is 9.69. The van der Waals surface area contributed by atoms with Crippen LogP contribution in [0.3, 0.4) is 0 Å². The van der Waals surface area contributed by atoms with Crippen molar-refractivity contribution in [2.24, 2.45) is 0 Å². The number of rotatable bonds is 6. The Morgan fingerprint density at radius 3 is 2.90 bits per heavy atom. The molecule has 2 atom stereocenters. The highest BCUT2D eigenvalue weighted by atomic mass is 35.5. The molecule has 0 saturated carbocycles. The van der Waals surface area contributed by atoms with Gasteiger partial charge in [0.15, 0.2) is 0 Å². The largest absolute Gasteiger partial charge is 0.491 e. The third-order valence-corrected chi connectivity index (χ3v) is 3.77. The van der Waals surface area contributed by atoms with Crippen molar-refractivity contribution in [1.29, 1.82) is 0 Å². The second-order valence-corrected chi connectivity index (χ2v) is 5.49. The van der Waals surface area contributed by atoms with Gasteiger partial charge in [-0.3, -0.25) is 4.90 Å². The molecule has 2 rings (SSSR count). The molecule has 5 heteroatoms. The van der Waals surface area contributed by atoms with Crippen LogP contribution in [0.2, 0.25) is 5.02 Å². The molecule has 0 bridgehead atoms. The number of β-amino-alcohol motifs (C(OH)–C–C–N with tert-alkyl or cyclic N) is 1. The predicted molar refractivity (Wildman–Crippen MR) is 79.4 cm³/mol. The van der Waals surface area contributed by atoms with Gasteiger partial charge >= 0.3 is 0 Å². The SMILES string of the molecule is CCC1COCCN1CC(O)COc1ccc(Cl)cc1. The lowest BCUT2D eigenvalue weighted by molar-refractivity contribution is -0.0333. The van der Waals surface area contributed by atoms with E-state index in [0.717, 1.165) is 31.9 Å². The van der Waals surface area contributed by atoms with Crippen molar-refractivity contribution in [2.45, 2.75) is 25.5 Å². The van der Waals surface area contributed by atoms with Gasteiger partial charge in [-0.15, -0.1) is 0 Å². The van der Waals surface area contributed by atoms with Gasteiger partial charge in [0.05, 0.1) is 13.2 Å². The summed E-state index contributed by atoms with van der Waals surface area (Å²) in [6, 6.07) is 7.56. The molecular weight excluding hydrogens is 278 g/mol. The highest BCUT2D eigenvalue weighted by molar-refractivity contribution is 6.30. The van der Waals surface area contributed by atoms with Gasteiger partial charge in [-0.25, -0.2) is 0 Å². The van der Waals surface area contributed by atoms with E-state index in [1.165, 1.54) is 0 Å². The number of aliphatic hydroxyl groups excluding tert-OH is 1. The molecule has 20 heavy (non-hydrogen) atoms. The van der Waals surface area contributed by atoms with Crippen molar-refractivity contribution in [2.75, 3.05) is 32.9 Å². The van der Waals surface area contributed by atoms with Crippen molar-refractivity contribution >= 4 is 11.6 Å². The summed E-state index contributed by atoms with van der Waals surface area (Å²) in [4.78, 5) is 2.28. The molecule has 1 aliphatic rings. The Labute approximate surface area is 125 Å². The van der Waals surface area contributed by atoms with Gasteiger partial charge in [0, 0.05) is 24.2 Å². The first-order valence-corrected chi connectivity index (χ1v) is 7.45. The topological polar surface area (TPSA) is 41.9 Å². The molecule has 0 radical (unpaired) electrons. The maximum atomic E-state index is 10.1. The van der Waals surface area contributed by atoms with Crippen molar-refractivity contribution in [1.82, 2.24) is 4.90 Å². The third kappa shape index (κ3) is 4.63. The van der Waals surface area contributed by atoms with Crippen molar-refractivity contribution in [3.8, 4) is 5.75 Å². The zero-order valence-corrected chi connectivity index (χ0v) is 12.6. The second kappa shape index (κ2) is 7.84. The van der Waals surface area contributed by atoms with Crippen LogP contribution in [-0.2, 0) is 4.74 Å². The van der Waals surface area contributed by atoms with Crippen LogP contribution in [0.25, 0.3) is 0 Å². The van der Waals surface area contributed by atoms with E-state index < -0.39 is 6.10 Å². The highest BCUT2D eigenvalue weighted by Crippen LogP contribution is 2.16. The summed E-state index contributed by atoms with van der Waals surface area (Å²) in [6.45, 7) is 5.41. The van der Waals surface area contributed by atoms with E-state index >= 15 is 0 Å². The zero-order chi connectivity index (χ0) is 14.4. The fourth-order valence-electron chi connectivity index (χ4n) is 2.35. The molecule has 1 N–H and O–H groups in total. The fourth-order valence-corrected chi connectivity index (χ4v) is 2.48. The minimum Gasteiger partial charge on any atom is -0.491 e. The number of morpholine rings is 1. The van der Waals surface area contributed by atoms with Crippen LogP contribution in [0.5, 0.6) is 5.75 Å². The number of halogens is 1. The van der Waals surface area contributed by atoms with Crippen LogP contribution >= 0.6 is 11.6 Å². The Morgan fingerprint density at radius 1 is 1.45 bits per heavy atom. The van der Waals surface area contributed by atoms with Crippen LogP contribution in [0.15, 0.2) is 24.3 Å².